The fraction of sp³-hybridized carbons (Fsp3) is 0.667. The molecule has 2 N–H and O–H groups in total. The lowest BCUT2D eigenvalue weighted by atomic mass is 10.1. The highest BCUT2D eigenvalue weighted by Crippen LogP contribution is 2.12. The topological polar surface area (TPSA) is 80.0 Å². The zero-order valence-corrected chi connectivity index (χ0v) is 9.35. The SMILES string of the molecule is CNC(C(=O)O)C(C)n1nc(C)nc1C. The fourth-order valence-electron chi connectivity index (χ4n) is 1.63. The first kappa shape index (κ1) is 11.6. The number of likely N-dealkylation sites (N-methyl/N-ethyl adjacent to an activating group) is 1. The average molecular weight is 212 g/mol. The molecule has 0 aliphatic heterocycles. The highest BCUT2D eigenvalue weighted by molar-refractivity contribution is 5.74. The van der Waals surface area contributed by atoms with Gasteiger partial charge in [-0.2, -0.15) is 5.10 Å². The number of aliphatic carboxylic acids is 1. The van der Waals surface area contributed by atoms with Gasteiger partial charge in [-0.15, -0.1) is 0 Å². The Hall–Kier alpha value is -1.43. The Labute approximate surface area is 88.3 Å². The monoisotopic (exact) mass is 212 g/mol. The molecule has 6 heteroatoms. The summed E-state index contributed by atoms with van der Waals surface area (Å²) in [5.74, 6) is 0.485. The number of hydrogen-bond donors (Lipinski definition) is 2. The molecule has 0 fully saturated rings. The second-order valence-electron chi connectivity index (χ2n) is 3.50. The number of carboxylic acids is 1. The molecule has 0 bridgehead atoms. The summed E-state index contributed by atoms with van der Waals surface area (Å²) in [6.45, 7) is 5.40. The van der Waals surface area contributed by atoms with Crippen molar-refractivity contribution < 1.29 is 9.90 Å². The lowest BCUT2D eigenvalue weighted by Crippen LogP contribution is -2.41. The Morgan fingerprint density at radius 3 is 2.47 bits per heavy atom. The molecule has 0 spiro atoms. The minimum Gasteiger partial charge on any atom is -0.480 e. The molecule has 0 aliphatic rings. The fourth-order valence-corrected chi connectivity index (χ4v) is 1.63. The zero-order chi connectivity index (χ0) is 11.6. The minimum absolute atomic E-state index is 0.270. The van der Waals surface area contributed by atoms with Crippen LogP contribution in [0.4, 0.5) is 0 Å². The Morgan fingerprint density at radius 2 is 2.13 bits per heavy atom. The molecule has 1 rings (SSSR count). The average Bonchev–Trinajstić information content (AvgIpc) is 2.45. The van der Waals surface area contributed by atoms with Crippen LogP contribution in [0.15, 0.2) is 0 Å². The van der Waals surface area contributed by atoms with Gasteiger partial charge in [-0.25, -0.2) is 9.67 Å². The summed E-state index contributed by atoms with van der Waals surface area (Å²) >= 11 is 0. The van der Waals surface area contributed by atoms with Crippen LogP contribution in [-0.4, -0.2) is 38.9 Å². The summed E-state index contributed by atoms with van der Waals surface area (Å²) in [6.07, 6.45) is 0. The summed E-state index contributed by atoms with van der Waals surface area (Å²) in [7, 11) is 1.62. The molecular weight excluding hydrogens is 196 g/mol. The van der Waals surface area contributed by atoms with Crippen molar-refractivity contribution in [2.45, 2.75) is 32.9 Å². The van der Waals surface area contributed by atoms with Gasteiger partial charge in [-0.05, 0) is 27.8 Å². The van der Waals surface area contributed by atoms with Gasteiger partial charge >= 0.3 is 5.97 Å². The van der Waals surface area contributed by atoms with Crippen molar-refractivity contribution in [1.82, 2.24) is 20.1 Å². The van der Waals surface area contributed by atoms with Gasteiger partial charge in [0.25, 0.3) is 0 Å². The molecule has 0 saturated heterocycles. The summed E-state index contributed by atoms with van der Waals surface area (Å²) in [6, 6.07) is -0.932. The van der Waals surface area contributed by atoms with E-state index >= 15 is 0 Å². The highest BCUT2D eigenvalue weighted by Gasteiger charge is 2.26. The van der Waals surface area contributed by atoms with Crippen molar-refractivity contribution in [3.8, 4) is 0 Å². The van der Waals surface area contributed by atoms with Gasteiger partial charge in [-0.3, -0.25) is 4.79 Å². The third-order valence-corrected chi connectivity index (χ3v) is 2.35. The van der Waals surface area contributed by atoms with Crippen molar-refractivity contribution in [2.75, 3.05) is 7.05 Å². The first-order chi connectivity index (χ1) is 6.97. The van der Waals surface area contributed by atoms with E-state index in [0.717, 1.165) is 5.82 Å². The molecule has 0 aliphatic carbocycles. The van der Waals surface area contributed by atoms with E-state index in [2.05, 4.69) is 15.4 Å². The van der Waals surface area contributed by atoms with E-state index in [1.54, 1.807) is 25.6 Å². The molecule has 0 amide bonds. The van der Waals surface area contributed by atoms with E-state index in [9.17, 15) is 4.79 Å². The third kappa shape index (κ3) is 2.33. The standard InChI is InChI=1S/C9H16N4O2/c1-5(8(10-4)9(14)15)13-7(3)11-6(2)12-13/h5,8,10H,1-4H3,(H,14,15). The van der Waals surface area contributed by atoms with Gasteiger partial charge in [0.2, 0.25) is 0 Å². The molecule has 15 heavy (non-hydrogen) atoms. The lowest BCUT2D eigenvalue weighted by molar-refractivity contribution is -0.140. The van der Waals surface area contributed by atoms with E-state index in [1.165, 1.54) is 0 Å². The summed E-state index contributed by atoms with van der Waals surface area (Å²) in [5, 5.41) is 15.9. The van der Waals surface area contributed by atoms with Gasteiger partial charge in [-0.1, -0.05) is 0 Å². The first-order valence-electron chi connectivity index (χ1n) is 4.77. The number of carboxylic acid groups (broad SMARTS) is 1. The number of nitrogens with one attached hydrogen (secondary N) is 1. The van der Waals surface area contributed by atoms with Gasteiger partial charge in [0.05, 0.1) is 6.04 Å². The number of aryl methyl sites for hydroxylation is 2. The molecule has 0 saturated carbocycles. The molecule has 1 aromatic rings. The molecule has 0 aromatic carbocycles. The van der Waals surface area contributed by atoms with Gasteiger partial charge in [0.15, 0.2) is 0 Å². The molecule has 2 unspecified atom stereocenters. The molecule has 1 heterocycles. The van der Waals surface area contributed by atoms with Crippen LogP contribution in [-0.2, 0) is 4.79 Å². The predicted molar refractivity (Wildman–Crippen MR) is 54.7 cm³/mol. The molecular formula is C9H16N4O2. The smallest absolute Gasteiger partial charge is 0.322 e. The quantitative estimate of drug-likeness (QED) is 0.741. The van der Waals surface area contributed by atoms with Crippen LogP contribution in [0.25, 0.3) is 0 Å². The highest BCUT2D eigenvalue weighted by atomic mass is 16.4. The van der Waals surface area contributed by atoms with Crippen LogP contribution in [0.1, 0.15) is 24.6 Å². The largest absolute Gasteiger partial charge is 0.480 e. The predicted octanol–water partition coefficient (Wildman–Crippen LogP) is 0.129. The first-order valence-corrected chi connectivity index (χ1v) is 4.77. The lowest BCUT2D eigenvalue weighted by Gasteiger charge is -2.20. The van der Waals surface area contributed by atoms with Gasteiger partial charge < -0.3 is 10.4 Å². The Kier molecular flexibility index (Phi) is 3.41. The van der Waals surface area contributed by atoms with Crippen molar-refractivity contribution in [3.05, 3.63) is 11.6 Å². The maximum Gasteiger partial charge on any atom is 0.322 e. The zero-order valence-electron chi connectivity index (χ0n) is 9.35. The molecule has 2 atom stereocenters. The number of nitrogens with zero attached hydrogens (tertiary/aromatic N) is 3. The maximum absolute atomic E-state index is 10.9. The minimum atomic E-state index is -0.891. The summed E-state index contributed by atoms with van der Waals surface area (Å²) < 4.78 is 1.63. The van der Waals surface area contributed by atoms with Gasteiger partial charge in [0, 0.05) is 0 Å². The van der Waals surface area contributed by atoms with Crippen molar-refractivity contribution in [2.24, 2.45) is 0 Å². The molecule has 0 radical (unpaired) electrons. The third-order valence-electron chi connectivity index (χ3n) is 2.35. The number of carbonyl (C=O) groups is 1. The molecule has 1 aromatic heterocycles. The van der Waals surface area contributed by atoms with Crippen LogP contribution in [0.3, 0.4) is 0 Å². The van der Waals surface area contributed by atoms with Crippen LogP contribution < -0.4 is 5.32 Å². The summed E-state index contributed by atoms with van der Waals surface area (Å²) in [4.78, 5) is 15.1. The van der Waals surface area contributed by atoms with Crippen molar-refractivity contribution >= 4 is 5.97 Å². The Balaban J connectivity index is 2.96. The van der Waals surface area contributed by atoms with Crippen LogP contribution in [0.2, 0.25) is 0 Å². The Bertz CT molecular complexity index is 361. The van der Waals surface area contributed by atoms with E-state index in [-0.39, 0.29) is 6.04 Å². The second-order valence-corrected chi connectivity index (χ2v) is 3.50. The number of hydrogen-bond acceptors (Lipinski definition) is 4. The van der Waals surface area contributed by atoms with Crippen molar-refractivity contribution in [3.63, 3.8) is 0 Å². The van der Waals surface area contributed by atoms with Crippen LogP contribution >= 0.6 is 0 Å². The number of rotatable bonds is 4. The van der Waals surface area contributed by atoms with E-state index < -0.39 is 12.0 Å². The maximum atomic E-state index is 10.9. The molecule has 6 nitrogen and oxygen atoms in total. The second kappa shape index (κ2) is 4.39. The van der Waals surface area contributed by atoms with E-state index in [1.807, 2.05) is 6.92 Å². The van der Waals surface area contributed by atoms with Crippen LogP contribution in [0, 0.1) is 13.8 Å². The number of aromatic nitrogens is 3. The van der Waals surface area contributed by atoms with E-state index in [4.69, 9.17) is 5.11 Å². The van der Waals surface area contributed by atoms with Crippen LogP contribution in [0.5, 0.6) is 0 Å². The molecule has 84 valence electrons. The normalized spacial score (nSPS) is 14.9. The van der Waals surface area contributed by atoms with E-state index in [0.29, 0.717) is 5.82 Å². The van der Waals surface area contributed by atoms with Crippen molar-refractivity contribution in [1.29, 1.82) is 0 Å². The summed E-state index contributed by atoms with van der Waals surface area (Å²) in [5.41, 5.74) is 0. The Morgan fingerprint density at radius 1 is 1.53 bits per heavy atom. The van der Waals surface area contributed by atoms with Gasteiger partial charge in [0.1, 0.15) is 17.7 Å².